The van der Waals surface area contributed by atoms with Crippen molar-refractivity contribution in [3.05, 3.63) is 11.9 Å². The van der Waals surface area contributed by atoms with Crippen molar-refractivity contribution in [1.82, 2.24) is 15.1 Å². The van der Waals surface area contributed by atoms with Crippen LogP contribution in [0.3, 0.4) is 0 Å². The predicted octanol–water partition coefficient (Wildman–Crippen LogP) is 1.56. The molecule has 0 aliphatic heterocycles. The van der Waals surface area contributed by atoms with Gasteiger partial charge in [0, 0.05) is 13.1 Å². The van der Waals surface area contributed by atoms with Crippen LogP contribution in [0.25, 0.3) is 0 Å². The topological polar surface area (TPSA) is 72.9 Å². The van der Waals surface area contributed by atoms with E-state index in [1.807, 2.05) is 6.92 Å². The van der Waals surface area contributed by atoms with E-state index in [-0.39, 0.29) is 11.9 Å². The highest BCUT2D eigenvalue weighted by Crippen LogP contribution is 2.11. The zero-order chi connectivity index (χ0) is 13.0. The molecule has 0 saturated carbocycles. The zero-order valence-electron chi connectivity index (χ0n) is 11.0. The molecule has 1 atom stereocenters. The van der Waals surface area contributed by atoms with Crippen molar-refractivity contribution in [2.24, 2.45) is 13.0 Å². The average molecular weight is 238 g/mol. The molecule has 1 unspecified atom stereocenters. The summed E-state index contributed by atoms with van der Waals surface area (Å²) in [4.78, 5) is 12.0. The van der Waals surface area contributed by atoms with Crippen molar-refractivity contribution in [1.29, 1.82) is 0 Å². The highest BCUT2D eigenvalue weighted by molar-refractivity contribution is 5.97. The van der Waals surface area contributed by atoms with Gasteiger partial charge in [-0.25, -0.2) is 0 Å². The molecule has 5 nitrogen and oxygen atoms in total. The number of aromatic nitrogens is 2. The molecule has 0 aliphatic carbocycles. The number of carbonyl (C=O) groups excluding carboxylic acids is 1. The van der Waals surface area contributed by atoms with E-state index in [1.54, 1.807) is 7.05 Å². The molecule has 0 radical (unpaired) electrons. The standard InChI is InChI=1S/C12H22N4O/c1-8(2)5-6-9(3)15-12(17)11-10(13)7-14-16(11)4/h7-9H,5-6,13H2,1-4H3,(H,15,17). The number of amides is 1. The summed E-state index contributed by atoms with van der Waals surface area (Å²) in [5, 5.41) is 6.89. The van der Waals surface area contributed by atoms with Crippen molar-refractivity contribution in [2.45, 2.75) is 39.7 Å². The Morgan fingerprint density at radius 1 is 1.47 bits per heavy atom. The van der Waals surface area contributed by atoms with E-state index in [4.69, 9.17) is 5.73 Å². The third kappa shape index (κ3) is 3.76. The molecule has 3 N–H and O–H groups in total. The second-order valence-corrected chi connectivity index (χ2v) is 4.92. The number of anilines is 1. The minimum atomic E-state index is -0.154. The van der Waals surface area contributed by atoms with Crippen molar-refractivity contribution in [3.8, 4) is 0 Å². The lowest BCUT2D eigenvalue weighted by molar-refractivity contribution is 0.0928. The van der Waals surface area contributed by atoms with Gasteiger partial charge in [0.15, 0.2) is 0 Å². The van der Waals surface area contributed by atoms with Crippen LogP contribution in [0.15, 0.2) is 6.20 Å². The minimum absolute atomic E-state index is 0.152. The fourth-order valence-electron chi connectivity index (χ4n) is 1.68. The Balaban J connectivity index is 2.55. The van der Waals surface area contributed by atoms with Gasteiger partial charge in [-0.15, -0.1) is 0 Å². The molecule has 0 aliphatic rings. The van der Waals surface area contributed by atoms with Crippen LogP contribution < -0.4 is 11.1 Å². The number of aryl methyl sites for hydroxylation is 1. The second-order valence-electron chi connectivity index (χ2n) is 4.92. The molecule has 0 bridgehead atoms. The SMILES string of the molecule is CC(C)CCC(C)NC(=O)c1c(N)cnn1C. The summed E-state index contributed by atoms with van der Waals surface area (Å²) in [7, 11) is 1.71. The maximum absolute atomic E-state index is 12.0. The largest absolute Gasteiger partial charge is 0.396 e. The molecular formula is C12H22N4O. The van der Waals surface area contributed by atoms with E-state index in [0.717, 1.165) is 12.8 Å². The third-order valence-electron chi connectivity index (χ3n) is 2.74. The quantitative estimate of drug-likeness (QED) is 0.817. The van der Waals surface area contributed by atoms with Gasteiger partial charge in [-0.2, -0.15) is 5.10 Å². The van der Waals surface area contributed by atoms with Crippen LogP contribution in [-0.2, 0) is 7.05 Å². The number of nitrogens with two attached hydrogens (primary N) is 1. The van der Waals surface area contributed by atoms with Crippen LogP contribution in [0.4, 0.5) is 5.69 Å². The Kier molecular flexibility index (Phi) is 4.54. The normalized spacial score (nSPS) is 12.8. The monoisotopic (exact) mass is 238 g/mol. The van der Waals surface area contributed by atoms with Gasteiger partial charge in [0.1, 0.15) is 5.69 Å². The van der Waals surface area contributed by atoms with E-state index in [2.05, 4.69) is 24.3 Å². The molecule has 0 spiro atoms. The van der Waals surface area contributed by atoms with Gasteiger partial charge in [0.05, 0.1) is 11.9 Å². The van der Waals surface area contributed by atoms with E-state index in [9.17, 15) is 4.79 Å². The first kappa shape index (κ1) is 13.5. The fourth-order valence-corrected chi connectivity index (χ4v) is 1.68. The van der Waals surface area contributed by atoms with Crippen LogP contribution in [-0.4, -0.2) is 21.7 Å². The Morgan fingerprint density at radius 2 is 2.12 bits per heavy atom. The molecule has 1 amide bonds. The van der Waals surface area contributed by atoms with Crippen LogP contribution in [0.2, 0.25) is 0 Å². The third-order valence-corrected chi connectivity index (χ3v) is 2.74. The van der Waals surface area contributed by atoms with E-state index >= 15 is 0 Å². The van der Waals surface area contributed by atoms with Crippen LogP contribution in [0, 0.1) is 5.92 Å². The Morgan fingerprint density at radius 3 is 2.59 bits per heavy atom. The summed E-state index contributed by atoms with van der Waals surface area (Å²) in [6, 6.07) is 0.152. The van der Waals surface area contributed by atoms with Gasteiger partial charge in [0.2, 0.25) is 0 Å². The minimum Gasteiger partial charge on any atom is -0.396 e. The molecule has 1 rings (SSSR count). The number of nitrogen functional groups attached to an aromatic ring is 1. The van der Waals surface area contributed by atoms with Gasteiger partial charge >= 0.3 is 0 Å². The van der Waals surface area contributed by atoms with Crippen molar-refractivity contribution >= 4 is 11.6 Å². The smallest absolute Gasteiger partial charge is 0.271 e. The van der Waals surface area contributed by atoms with Crippen LogP contribution in [0.5, 0.6) is 0 Å². The average Bonchev–Trinajstić information content (AvgIpc) is 2.55. The number of rotatable bonds is 5. The molecule has 5 heteroatoms. The van der Waals surface area contributed by atoms with Gasteiger partial charge in [0.25, 0.3) is 5.91 Å². The first-order valence-electron chi connectivity index (χ1n) is 6.00. The first-order valence-corrected chi connectivity index (χ1v) is 6.00. The molecular weight excluding hydrogens is 216 g/mol. The highest BCUT2D eigenvalue weighted by Gasteiger charge is 2.16. The second kappa shape index (κ2) is 5.70. The maximum Gasteiger partial charge on any atom is 0.271 e. The Labute approximate surface area is 102 Å². The number of carbonyl (C=O) groups is 1. The molecule has 1 aromatic heterocycles. The summed E-state index contributed by atoms with van der Waals surface area (Å²) in [5.74, 6) is 0.495. The van der Waals surface area contributed by atoms with Crippen molar-refractivity contribution < 1.29 is 4.79 Å². The van der Waals surface area contributed by atoms with Crippen LogP contribution in [0.1, 0.15) is 44.1 Å². The molecule has 1 heterocycles. The zero-order valence-corrected chi connectivity index (χ0v) is 11.0. The number of nitrogens with zero attached hydrogens (tertiary/aromatic N) is 2. The fraction of sp³-hybridized carbons (Fsp3) is 0.667. The van der Waals surface area contributed by atoms with Crippen LogP contribution >= 0.6 is 0 Å². The van der Waals surface area contributed by atoms with Crippen molar-refractivity contribution in [2.75, 3.05) is 5.73 Å². The number of nitrogens with one attached hydrogen (secondary N) is 1. The lowest BCUT2D eigenvalue weighted by Gasteiger charge is -2.15. The number of hydrogen-bond acceptors (Lipinski definition) is 3. The summed E-state index contributed by atoms with van der Waals surface area (Å²) in [6.45, 7) is 6.36. The van der Waals surface area contributed by atoms with E-state index in [0.29, 0.717) is 17.3 Å². The predicted molar refractivity (Wildman–Crippen MR) is 68.6 cm³/mol. The Hall–Kier alpha value is -1.52. The van der Waals surface area contributed by atoms with Gasteiger partial charge in [-0.3, -0.25) is 9.48 Å². The number of hydrogen-bond donors (Lipinski definition) is 2. The molecule has 0 saturated heterocycles. The maximum atomic E-state index is 12.0. The molecule has 96 valence electrons. The lowest BCUT2D eigenvalue weighted by Crippen LogP contribution is -2.34. The molecule has 17 heavy (non-hydrogen) atoms. The first-order chi connectivity index (χ1) is 7.91. The molecule has 1 aromatic rings. The molecule has 0 aromatic carbocycles. The van der Waals surface area contributed by atoms with Crippen molar-refractivity contribution in [3.63, 3.8) is 0 Å². The van der Waals surface area contributed by atoms with E-state index in [1.165, 1.54) is 10.9 Å². The summed E-state index contributed by atoms with van der Waals surface area (Å²) in [5.41, 5.74) is 6.55. The summed E-state index contributed by atoms with van der Waals surface area (Å²) < 4.78 is 1.50. The summed E-state index contributed by atoms with van der Waals surface area (Å²) in [6.07, 6.45) is 3.57. The van der Waals surface area contributed by atoms with Gasteiger partial charge in [-0.05, 0) is 25.7 Å². The highest BCUT2D eigenvalue weighted by atomic mass is 16.2. The van der Waals surface area contributed by atoms with Gasteiger partial charge in [-0.1, -0.05) is 13.8 Å². The van der Waals surface area contributed by atoms with E-state index < -0.39 is 0 Å². The molecule has 0 fully saturated rings. The lowest BCUT2D eigenvalue weighted by atomic mass is 10.0. The Bertz CT molecular complexity index is 364. The van der Waals surface area contributed by atoms with Gasteiger partial charge < -0.3 is 11.1 Å². The summed E-state index contributed by atoms with van der Waals surface area (Å²) >= 11 is 0.